The molecule has 204 valence electrons. The van der Waals surface area contributed by atoms with E-state index in [1.165, 1.54) is 16.3 Å². The van der Waals surface area contributed by atoms with Gasteiger partial charge in [0.1, 0.15) is 15.3 Å². The molecule has 5 aromatic carbocycles. The van der Waals surface area contributed by atoms with E-state index in [9.17, 15) is 0 Å². The van der Waals surface area contributed by atoms with Gasteiger partial charge in [-0.25, -0.2) is 4.98 Å². The van der Waals surface area contributed by atoms with Crippen molar-refractivity contribution in [2.24, 2.45) is 0 Å². The lowest BCUT2D eigenvalue weighted by Gasteiger charge is -2.36. The van der Waals surface area contributed by atoms with Gasteiger partial charge in [0.25, 0.3) is 0 Å². The minimum absolute atomic E-state index is 0.0163. The van der Waals surface area contributed by atoms with Crippen LogP contribution in [-0.2, 0) is 5.16 Å². The van der Waals surface area contributed by atoms with E-state index in [-0.39, 0.29) is 11.0 Å². The van der Waals surface area contributed by atoms with Crippen LogP contribution in [0.5, 0.6) is 5.75 Å². The van der Waals surface area contributed by atoms with Crippen LogP contribution in [0.1, 0.15) is 35.0 Å². The zero-order valence-electron chi connectivity index (χ0n) is 23.8. The normalized spacial score (nSPS) is 11.0. The topological polar surface area (TPSA) is 27.1 Å². The highest BCUT2D eigenvalue weighted by molar-refractivity contribution is 6.57. The molecule has 0 amide bonds. The lowest BCUT2D eigenvalue weighted by Crippen LogP contribution is -2.46. The fourth-order valence-corrected chi connectivity index (χ4v) is 6.74. The minimum atomic E-state index is -0.371. The molecule has 1 heterocycles. The molecule has 6 aromatic rings. The summed E-state index contributed by atoms with van der Waals surface area (Å²) >= 11 is 0. The summed E-state index contributed by atoms with van der Waals surface area (Å²) in [5.74, 6) is 0.894. The summed E-state index contributed by atoms with van der Waals surface area (Å²) in [6.07, 6.45) is 5.82. The average Bonchev–Trinajstić information content (AvgIpc) is 3.61. The van der Waals surface area contributed by atoms with E-state index in [1.807, 2.05) is 61.9 Å². The Morgan fingerprint density at radius 2 is 1.24 bits per heavy atom. The summed E-state index contributed by atoms with van der Waals surface area (Å²) in [5, 5.41) is 0.872. The highest BCUT2D eigenvalue weighted by Gasteiger charge is 2.37. The van der Waals surface area contributed by atoms with Crippen LogP contribution >= 0.6 is 0 Å². The van der Waals surface area contributed by atoms with Crippen molar-refractivity contribution in [2.75, 3.05) is 6.61 Å². The molecule has 0 saturated heterocycles. The van der Waals surface area contributed by atoms with Gasteiger partial charge in [-0.15, -0.1) is 0 Å². The van der Waals surface area contributed by atoms with Gasteiger partial charge >= 0.3 is 0 Å². The Bertz CT molecular complexity index is 1530. The van der Waals surface area contributed by atoms with Crippen molar-refractivity contribution in [3.05, 3.63) is 187 Å². The molecule has 0 atom stereocenters. The van der Waals surface area contributed by atoms with Crippen molar-refractivity contribution in [3.63, 3.8) is 0 Å². The third-order valence-corrected chi connectivity index (χ3v) is 8.86. The molecular weight excluding hydrogens is 527 g/mol. The van der Waals surface area contributed by atoms with E-state index >= 15 is 0 Å². The highest BCUT2D eigenvalue weighted by Crippen LogP contribution is 2.33. The van der Waals surface area contributed by atoms with Gasteiger partial charge in [-0.2, -0.15) is 0 Å². The number of imidazole rings is 1. The van der Waals surface area contributed by atoms with Gasteiger partial charge in [0.05, 0.1) is 25.9 Å². The van der Waals surface area contributed by atoms with E-state index in [4.69, 9.17) is 12.6 Å². The first-order valence-corrected chi connectivity index (χ1v) is 15.2. The second kappa shape index (κ2) is 14.3. The van der Waals surface area contributed by atoms with E-state index in [0.29, 0.717) is 16.1 Å². The van der Waals surface area contributed by atoms with Crippen LogP contribution in [-0.4, -0.2) is 33.5 Å². The molecule has 3 nitrogen and oxygen atoms in total. The molecule has 0 N–H and O–H groups in total. The maximum Gasteiger partial charge on any atom is 0.128 e. The third-order valence-electron chi connectivity index (χ3n) is 7.06. The van der Waals surface area contributed by atoms with Crippen LogP contribution in [0, 0.1) is 0 Å². The molecule has 5 heteroatoms. The van der Waals surface area contributed by atoms with Crippen molar-refractivity contribution in [1.82, 2.24) is 9.55 Å². The van der Waals surface area contributed by atoms with E-state index < -0.39 is 0 Å². The van der Waals surface area contributed by atoms with E-state index in [1.54, 1.807) is 0 Å². The smallest absolute Gasteiger partial charge is 0.128 e. The lowest BCUT2D eigenvalue weighted by molar-refractivity contribution is 0.340. The van der Waals surface area contributed by atoms with Gasteiger partial charge < -0.3 is 9.30 Å². The van der Waals surface area contributed by atoms with Crippen molar-refractivity contribution in [2.45, 2.75) is 17.9 Å². The Hall–Kier alpha value is -4.61. The van der Waals surface area contributed by atoms with Crippen LogP contribution in [0.3, 0.4) is 0 Å². The van der Waals surface area contributed by atoms with E-state index in [0.717, 1.165) is 16.9 Å². The third kappa shape index (κ3) is 6.81. The Labute approximate surface area is 253 Å². The second-order valence-electron chi connectivity index (χ2n) is 9.80. The van der Waals surface area contributed by atoms with Crippen LogP contribution < -0.4 is 9.92 Å². The monoisotopic (exact) mass is 560 g/mol. The van der Waals surface area contributed by atoms with Crippen molar-refractivity contribution < 1.29 is 4.74 Å². The Morgan fingerprint density at radius 3 is 1.71 bits per heavy atom. The Morgan fingerprint density at radius 1 is 0.714 bits per heavy atom. The molecule has 0 saturated carbocycles. The molecule has 0 aliphatic heterocycles. The first-order chi connectivity index (χ1) is 20.7. The summed E-state index contributed by atoms with van der Waals surface area (Å²) < 4.78 is 7.97. The first-order valence-electron chi connectivity index (χ1n) is 14.2. The molecule has 0 fully saturated rings. The van der Waals surface area contributed by atoms with Crippen molar-refractivity contribution >= 4 is 22.6 Å². The largest absolute Gasteiger partial charge is 0.494 e. The summed E-state index contributed by atoms with van der Waals surface area (Å²) in [6, 6.07) is 50.0. The van der Waals surface area contributed by atoms with Crippen molar-refractivity contribution in [1.29, 1.82) is 0 Å². The fourth-order valence-electron chi connectivity index (χ4n) is 5.04. The molecule has 1 aromatic heterocycles. The maximum absolute atomic E-state index is 6.12. The zero-order chi connectivity index (χ0) is 29.0. The quantitative estimate of drug-likeness (QED) is 0.178. The minimum Gasteiger partial charge on any atom is -0.494 e. The number of hydrogen-bond donors (Lipinski definition) is 0. The Kier molecular flexibility index (Phi) is 9.86. The second-order valence-corrected chi connectivity index (χ2v) is 11.3. The SMILES string of the molecule is CCOc1cccc([Si]C(c2ccccc2)(c2ccccc2)n2ccnc2)c1.[B]C(c1ccccc1)c1ccccc1. The van der Waals surface area contributed by atoms with Crippen LogP contribution in [0.4, 0.5) is 0 Å². The van der Waals surface area contributed by atoms with Gasteiger partial charge in [0.15, 0.2) is 0 Å². The van der Waals surface area contributed by atoms with Crippen LogP contribution in [0.25, 0.3) is 0 Å². The van der Waals surface area contributed by atoms with Crippen LogP contribution in [0.15, 0.2) is 164 Å². The zero-order valence-corrected chi connectivity index (χ0v) is 24.8. The number of nitrogens with zero attached hydrogens (tertiary/aromatic N) is 2. The number of benzene rings is 5. The number of rotatable bonds is 9. The summed E-state index contributed by atoms with van der Waals surface area (Å²) in [7, 11) is 6.58. The Balaban J connectivity index is 0.000000211. The van der Waals surface area contributed by atoms with Gasteiger partial charge in [0, 0.05) is 12.4 Å². The molecule has 0 bridgehead atoms. The molecule has 6 rings (SSSR count). The first kappa shape index (κ1) is 28.9. The lowest BCUT2D eigenvalue weighted by atomic mass is 9.76. The number of aromatic nitrogens is 2. The molecule has 4 radical (unpaired) electrons. The molecular formula is C37H33BN2OSi. The fraction of sp³-hybridized carbons (Fsp3) is 0.108. The predicted molar refractivity (Wildman–Crippen MR) is 175 cm³/mol. The van der Waals surface area contributed by atoms with Crippen molar-refractivity contribution in [3.8, 4) is 5.75 Å². The van der Waals surface area contributed by atoms with Gasteiger partial charge in [-0.3, -0.25) is 0 Å². The number of ether oxygens (including phenoxy) is 1. The van der Waals surface area contributed by atoms with Gasteiger partial charge in [-0.05, 0) is 47.1 Å². The highest BCUT2D eigenvalue weighted by atomic mass is 28.2. The predicted octanol–water partition coefficient (Wildman–Crippen LogP) is 7.01. The van der Waals surface area contributed by atoms with E-state index in [2.05, 4.69) is 119 Å². The maximum atomic E-state index is 6.12. The standard InChI is InChI=1S/C24H22N2OSi.C13H11B/c1-2-27-22-14-9-15-23(18-22)28-24(26-17-16-25-19-26,20-10-5-3-6-11-20)21-12-7-4-8-13-21;14-13(11-7-3-1-4-8-11)12-9-5-2-6-10-12/h3-19H,2H2,1H3;1-10,13H. The molecule has 42 heavy (non-hydrogen) atoms. The number of hydrogen-bond acceptors (Lipinski definition) is 2. The molecule has 0 aliphatic carbocycles. The summed E-state index contributed by atoms with van der Waals surface area (Å²) in [4.78, 5) is 4.37. The molecule has 0 unspecified atom stereocenters. The van der Waals surface area contributed by atoms with Gasteiger partial charge in [-0.1, -0.05) is 139 Å². The average molecular weight is 561 g/mol. The molecule has 0 aliphatic rings. The summed E-state index contributed by atoms with van der Waals surface area (Å²) in [5.41, 5.74) is 4.77. The van der Waals surface area contributed by atoms with Crippen LogP contribution in [0.2, 0.25) is 0 Å². The molecule has 0 spiro atoms. The summed E-state index contributed by atoms with van der Waals surface area (Å²) in [6.45, 7) is 2.68. The van der Waals surface area contributed by atoms with Gasteiger partial charge in [0.2, 0.25) is 0 Å².